The molecule has 53 heavy (non-hydrogen) atoms. The summed E-state index contributed by atoms with van der Waals surface area (Å²) in [5.41, 5.74) is 0. The number of hydroxylamine groups is 2. The fourth-order valence-electron chi connectivity index (χ4n) is 5.85. The molecule has 0 spiro atoms. The topological polar surface area (TPSA) is 330 Å². The summed E-state index contributed by atoms with van der Waals surface area (Å²) in [6.07, 6.45) is -26.8. The van der Waals surface area contributed by atoms with Crippen LogP contribution in [0.2, 0.25) is 0 Å². The molecule has 4 aliphatic heterocycles. The highest BCUT2D eigenvalue weighted by Gasteiger charge is 2.52. The van der Waals surface area contributed by atoms with E-state index in [0.717, 1.165) is 0 Å². The van der Waals surface area contributed by atoms with Crippen LogP contribution < -0.4 is 5.32 Å². The van der Waals surface area contributed by atoms with Gasteiger partial charge in [0.15, 0.2) is 25.0 Å². The molecular weight excluding hydrogens is 727 g/mol. The van der Waals surface area contributed by atoms with Crippen molar-refractivity contribution >= 4 is 23.7 Å². The minimum Gasteiger partial charge on any atom is -0.394 e. The number of rotatable bonds is 17. The molecular formula is C30H47FN2O20. The summed E-state index contributed by atoms with van der Waals surface area (Å²) in [5, 5.41) is 94.0. The lowest BCUT2D eigenvalue weighted by atomic mass is 9.97. The number of hydrogen-bond donors (Lipinski definition) is 10. The van der Waals surface area contributed by atoms with Gasteiger partial charge in [0.1, 0.15) is 67.1 Å². The summed E-state index contributed by atoms with van der Waals surface area (Å²) in [6, 6.07) is 0. The Labute approximate surface area is 300 Å². The average molecular weight is 775 g/mol. The Kier molecular flexibility index (Phi) is 16.1. The molecule has 0 radical (unpaired) electrons. The first-order valence-corrected chi connectivity index (χ1v) is 17.0. The molecule has 0 aliphatic carbocycles. The SMILES string of the molecule is O=C(CCCCC(=O)ON1C(=O)CCC1=O)NCCO[C@@H]1O[C@H](COC2O[C@H](CO)[C@@H](O)[C@H](O)[C@@H]2O)[C@@H](O)[C@H](O[C@H]2O[C@H](CO)[C@@H](O)[C@H](O)[C@@H]2O)[C@H]1F. The fourth-order valence-corrected chi connectivity index (χ4v) is 5.85. The van der Waals surface area contributed by atoms with Crippen LogP contribution in [0.5, 0.6) is 0 Å². The van der Waals surface area contributed by atoms with E-state index in [2.05, 4.69) is 5.32 Å². The molecule has 22 nitrogen and oxygen atoms in total. The monoisotopic (exact) mass is 774 g/mol. The number of amides is 3. The number of aliphatic hydroxyl groups excluding tert-OH is 9. The number of carbonyl (C=O) groups is 4. The molecule has 4 rings (SSSR count). The van der Waals surface area contributed by atoms with Gasteiger partial charge in [-0.15, -0.1) is 5.06 Å². The first kappa shape index (κ1) is 43.1. The number of imide groups is 1. The molecule has 23 heteroatoms. The van der Waals surface area contributed by atoms with Crippen molar-refractivity contribution in [1.82, 2.24) is 10.4 Å². The minimum atomic E-state index is -2.34. The van der Waals surface area contributed by atoms with Gasteiger partial charge in [0.05, 0.1) is 26.4 Å². The molecule has 4 fully saturated rings. The second kappa shape index (κ2) is 19.8. The van der Waals surface area contributed by atoms with Crippen LogP contribution in [-0.4, -0.2) is 200 Å². The Balaban J connectivity index is 1.30. The van der Waals surface area contributed by atoms with E-state index in [9.17, 15) is 65.1 Å². The number of hydrogen-bond acceptors (Lipinski definition) is 20. The van der Waals surface area contributed by atoms with Crippen molar-refractivity contribution < 1.29 is 103 Å². The standard InChI is InChI=1S/C30H47FN2O20/c31-19-27(52-30-26(46)24(44)21(41)13(10-35)50-30)22(42)14(11-48-29-25(45)23(43)20(40)12(9-34)49-29)51-28(19)47-8-7-32-15(36)3-1-2-4-18(39)53-33-16(37)5-6-17(33)38/h12-14,19-30,34-35,40-46H,1-11H2,(H,32,36)/t12-,13-,14-,19-,20-,21-,22-,23+,24+,25+,26+,27-,28-,29?,30-/m1/s1. The number of aliphatic hydroxyl groups is 9. The molecule has 4 heterocycles. The Morgan fingerprint density at radius 1 is 0.717 bits per heavy atom. The van der Waals surface area contributed by atoms with Gasteiger partial charge in [0.25, 0.3) is 11.8 Å². The van der Waals surface area contributed by atoms with Crippen LogP contribution in [0.4, 0.5) is 4.39 Å². The van der Waals surface area contributed by atoms with E-state index in [1.165, 1.54) is 0 Å². The highest BCUT2D eigenvalue weighted by molar-refractivity contribution is 6.01. The molecule has 0 aromatic heterocycles. The van der Waals surface area contributed by atoms with Crippen molar-refractivity contribution in [3.05, 3.63) is 0 Å². The zero-order valence-electron chi connectivity index (χ0n) is 28.3. The average Bonchev–Trinajstić information content (AvgIpc) is 3.45. The maximum Gasteiger partial charge on any atom is 0.333 e. The largest absolute Gasteiger partial charge is 0.394 e. The lowest BCUT2D eigenvalue weighted by Gasteiger charge is -2.46. The summed E-state index contributed by atoms with van der Waals surface area (Å²) >= 11 is 0. The second-order valence-corrected chi connectivity index (χ2v) is 12.8. The quantitative estimate of drug-likeness (QED) is 0.0485. The number of nitrogens with zero attached hydrogens (tertiary/aromatic N) is 1. The summed E-state index contributed by atoms with van der Waals surface area (Å²) < 4.78 is 48.4. The van der Waals surface area contributed by atoms with Crippen LogP contribution in [-0.2, 0) is 52.4 Å². The Morgan fingerprint density at radius 2 is 1.26 bits per heavy atom. The van der Waals surface area contributed by atoms with E-state index in [-0.39, 0.29) is 51.7 Å². The third kappa shape index (κ3) is 10.8. The Morgan fingerprint density at radius 3 is 1.87 bits per heavy atom. The van der Waals surface area contributed by atoms with Gasteiger partial charge in [0.2, 0.25) is 5.91 Å². The molecule has 0 saturated carbocycles. The summed E-state index contributed by atoms with van der Waals surface area (Å²) in [4.78, 5) is 52.0. The highest BCUT2D eigenvalue weighted by Crippen LogP contribution is 2.32. The van der Waals surface area contributed by atoms with Crippen LogP contribution in [0, 0.1) is 0 Å². The normalized spacial score (nSPS) is 39.3. The molecule has 15 atom stereocenters. The van der Waals surface area contributed by atoms with Crippen LogP contribution in [0.1, 0.15) is 38.5 Å². The maximum atomic E-state index is 15.9. The third-order valence-corrected chi connectivity index (χ3v) is 8.95. The summed E-state index contributed by atoms with van der Waals surface area (Å²) in [7, 11) is 0. The van der Waals surface area contributed by atoms with E-state index < -0.39 is 136 Å². The third-order valence-electron chi connectivity index (χ3n) is 8.95. The second-order valence-electron chi connectivity index (χ2n) is 12.8. The van der Waals surface area contributed by atoms with E-state index >= 15 is 4.39 Å². The van der Waals surface area contributed by atoms with Crippen molar-refractivity contribution in [1.29, 1.82) is 0 Å². The number of ether oxygens (including phenoxy) is 6. The van der Waals surface area contributed by atoms with Gasteiger partial charge < -0.3 is 84.5 Å². The predicted octanol–water partition coefficient (Wildman–Crippen LogP) is -6.29. The van der Waals surface area contributed by atoms with Gasteiger partial charge in [0, 0.05) is 32.2 Å². The van der Waals surface area contributed by atoms with Crippen molar-refractivity contribution in [2.24, 2.45) is 0 Å². The van der Waals surface area contributed by atoms with Crippen molar-refractivity contribution in [2.75, 3.05) is 33.0 Å². The molecule has 10 N–H and O–H groups in total. The van der Waals surface area contributed by atoms with E-state index in [1.54, 1.807) is 0 Å². The van der Waals surface area contributed by atoms with Gasteiger partial charge in [-0.2, -0.15) is 0 Å². The number of halogens is 1. The van der Waals surface area contributed by atoms with E-state index in [4.69, 9.17) is 33.3 Å². The molecule has 4 saturated heterocycles. The van der Waals surface area contributed by atoms with Crippen LogP contribution in [0.3, 0.4) is 0 Å². The molecule has 304 valence electrons. The van der Waals surface area contributed by atoms with Gasteiger partial charge in [-0.3, -0.25) is 14.4 Å². The first-order chi connectivity index (χ1) is 25.2. The van der Waals surface area contributed by atoms with Crippen LogP contribution in [0.15, 0.2) is 0 Å². The molecule has 0 bridgehead atoms. The zero-order valence-corrected chi connectivity index (χ0v) is 28.3. The Bertz CT molecular complexity index is 1220. The van der Waals surface area contributed by atoms with Crippen LogP contribution in [0.25, 0.3) is 0 Å². The predicted molar refractivity (Wildman–Crippen MR) is 163 cm³/mol. The highest BCUT2D eigenvalue weighted by atomic mass is 19.1. The molecule has 1 unspecified atom stereocenters. The lowest BCUT2D eigenvalue weighted by Crippen LogP contribution is -2.64. The molecule has 0 aromatic carbocycles. The minimum absolute atomic E-state index is 0.0426. The van der Waals surface area contributed by atoms with Crippen molar-refractivity contribution in [3.8, 4) is 0 Å². The maximum absolute atomic E-state index is 15.9. The number of carbonyl (C=O) groups excluding carboxylic acids is 4. The van der Waals surface area contributed by atoms with Gasteiger partial charge in [-0.25, -0.2) is 9.18 Å². The first-order valence-electron chi connectivity index (χ1n) is 17.0. The van der Waals surface area contributed by atoms with Gasteiger partial charge >= 0.3 is 5.97 Å². The zero-order chi connectivity index (χ0) is 39.0. The number of unbranched alkanes of at least 4 members (excludes halogenated alkanes) is 1. The van der Waals surface area contributed by atoms with Gasteiger partial charge in [-0.05, 0) is 12.8 Å². The van der Waals surface area contributed by atoms with Crippen molar-refractivity contribution in [3.63, 3.8) is 0 Å². The van der Waals surface area contributed by atoms with Crippen molar-refractivity contribution in [2.45, 2.75) is 131 Å². The molecule has 0 aromatic rings. The van der Waals surface area contributed by atoms with E-state index in [0.29, 0.717) is 5.06 Å². The number of nitrogens with one attached hydrogen (secondary N) is 1. The summed E-state index contributed by atoms with van der Waals surface area (Å²) in [6.45, 7) is -2.86. The lowest BCUT2D eigenvalue weighted by molar-refractivity contribution is -0.359. The van der Waals surface area contributed by atoms with Crippen LogP contribution >= 0.6 is 0 Å². The van der Waals surface area contributed by atoms with E-state index in [1.807, 2.05) is 0 Å². The smallest absolute Gasteiger partial charge is 0.333 e. The fraction of sp³-hybridized carbons (Fsp3) is 0.867. The summed E-state index contributed by atoms with van der Waals surface area (Å²) in [5.74, 6) is -2.52. The number of alkyl halides is 1. The molecule has 4 aliphatic rings. The molecule has 3 amide bonds. The Hall–Kier alpha value is -2.59. The van der Waals surface area contributed by atoms with Gasteiger partial charge in [-0.1, -0.05) is 0 Å².